The quantitative estimate of drug-likeness (QED) is 0.571. The van der Waals surface area contributed by atoms with E-state index in [-0.39, 0.29) is 17.8 Å². The van der Waals surface area contributed by atoms with Crippen LogP contribution in [0.1, 0.15) is 34.1 Å². The Morgan fingerprint density at radius 2 is 1.70 bits per heavy atom. The van der Waals surface area contributed by atoms with Crippen LogP contribution < -0.4 is 0 Å². The molecule has 0 aromatic carbocycles. The molecule has 0 aromatic rings. The summed E-state index contributed by atoms with van der Waals surface area (Å²) in [5, 5.41) is 0. The summed E-state index contributed by atoms with van der Waals surface area (Å²) in [6.45, 7) is 9.12. The van der Waals surface area contributed by atoms with Gasteiger partial charge in [0.05, 0.1) is 0 Å². The molecule has 0 rings (SSSR count). The van der Waals surface area contributed by atoms with Crippen LogP contribution in [0.5, 0.6) is 0 Å². The Bertz CT molecular complexity index is 440. The standard InChI is InChI=1S/C17H26F3NO2/c1-5-21(11-6-7-15(22)13(2)3)12-9-14(4)16(23)8-10-17(18,19)20/h6-8,10,13-14H,5,9,11-12H2,1-4H3/b7-6+,10-8+. The predicted molar refractivity (Wildman–Crippen MR) is 85.1 cm³/mol. The molecule has 1 atom stereocenters. The van der Waals surface area contributed by atoms with Crippen LogP contribution in [0.25, 0.3) is 0 Å². The highest BCUT2D eigenvalue weighted by Crippen LogP contribution is 2.17. The van der Waals surface area contributed by atoms with E-state index in [1.54, 1.807) is 19.1 Å². The van der Waals surface area contributed by atoms with Gasteiger partial charge in [-0.3, -0.25) is 14.5 Å². The third-order valence-corrected chi connectivity index (χ3v) is 3.46. The van der Waals surface area contributed by atoms with Crippen molar-refractivity contribution in [3.63, 3.8) is 0 Å². The van der Waals surface area contributed by atoms with Gasteiger partial charge in [0.15, 0.2) is 11.6 Å². The Morgan fingerprint density at radius 3 is 2.17 bits per heavy atom. The molecule has 0 spiro atoms. The molecule has 1 unspecified atom stereocenters. The van der Waals surface area contributed by atoms with Crippen LogP contribution in [0.3, 0.4) is 0 Å². The van der Waals surface area contributed by atoms with E-state index in [0.717, 1.165) is 6.54 Å². The zero-order valence-corrected chi connectivity index (χ0v) is 14.2. The monoisotopic (exact) mass is 333 g/mol. The SMILES string of the molecule is CCN(C/C=C/C(=O)C(C)C)CCC(C)C(=O)/C=C/C(F)(F)F. The van der Waals surface area contributed by atoms with E-state index in [2.05, 4.69) is 0 Å². The normalized spacial score (nSPS) is 14.3. The Hall–Kier alpha value is -1.43. The van der Waals surface area contributed by atoms with Crippen molar-refractivity contribution in [1.82, 2.24) is 4.90 Å². The van der Waals surface area contributed by atoms with Crippen molar-refractivity contribution in [2.75, 3.05) is 19.6 Å². The minimum absolute atomic E-state index is 0.0241. The first-order valence-electron chi connectivity index (χ1n) is 7.79. The van der Waals surface area contributed by atoms with Gasteiger partial charge < -0.3 is 0 Å². The third kappa shape index (κ3) is 10.8. The van der Waals surface area contributed by atoms with Gasteiger partial charge in [0.25, 0.3) is 0 Å². The van der Waals surface area contributed by atoms with Crippen molar-refractivity contribution in [2.45, 2.75) is 40.3 Å². The van der Waals surface area contributed by atoms with Crippen molar-refractivity contribution in [2.24, 2.45) is 11.8 Å². The molecule has 0 radical (unpaired) electrons. The minimum atomic E-state index is -4.46. The second kappa shape index (κ2) is 10.4. The summed E-state index contributed by atoms with van der Waals surface area (Å²) < 4.78 is 36.1. The van der Waals surface area contributed by atoms with Gasteiger partial charge in [-0.25, -0.2) is 0 Å². The largest absolute Gasteiger partial charge is 0.409 e. The first-order valence-corrected chi connectivity index (χ1v) is 7.79. The topological polar surface area (TPSA) is 37.4 Å². The van der Waals surface area contributed by atoms with Crippen molar-refractivity contribution in [1.29, 1.82) is 0 Å². The fourth-order valence-electron chi connectivity index (χ4n) is 1.75. The first-order chi connectivity index (χ1) is 10.6. The van der Waals surface area contributed by atoms with Gasteiger partial charge in [0, 0.05) is 24.5 Å². The maximum atomic E-state index is 12.0. The number of carbonyl (C=O) groups excluding carboxylic acids is 2. The molecule has 0 heterocycles. The molecule has 0 fully saturated rings. The highest BCUT2D eigenvalue weighted by atomic mass is 19.4. The van der Waals surface area contributed by atoms with Gasteiger partial charge in [-0.1, -0.05) is 33.8 Å². The molecule has 132 valence electrons. The maximum absolute atomic E-state index is 12.0. The predicted octanol–water partition coefficient (Wildman–Crippen LogP) is 3.80. The molecular formula is C17H26F3NO2. The number of allylic oxidation sites excluding steroid dienone is 3. The molecule has 3 nitrogen and oxygen atoms in total. The molecule has 0 aliphatic carbocycles. The highest BCUT2D eigenvalue weighted by Gasteiger charge is 2.23. The molecular weight excluding hydrogens is 307 g/mol. The number of hydrogen-bond donors (Lipinski definition) is 0. The second-order valence-corrected chi connectivity index (χ2v) is 5.82. The van der Waals surface area contributed by atoms with Crippen molar-refractivity contribution in [3.8, 4) is 0 Å². The van der Waals surface area contributed by atoms with Crippen LogP contribution in [0.2, 0.25) is 0 Å². The van der Waals surface area contributed by atoms with Crippen molar-refractivity contribution < 1.29 is 22.8 Å². The van der Waals surface area contributed by atoms with Gasteiger partial charge >= 0.3 is 6.18 Å². The van der Waals surface area contributed by atoms with E-state index in [9.17, 15) is 22.8 Å². The Balaban J connectivity index is 4.32. The summed E-state index contributed by atoms with van der Waals surface area (Å²) >= 11 is 0. The highest BCUT2D eigenvalue weighted by molar-refractivity contribution is 5.91. The Morgan fingerprint density at radius 1 is 1.09 bits per heavy atom. The summed E-state index contributed by atoms with van der Waals surface area (Å²) in [5.74, 6) is -0.978. The minimum Gasteiger partial charge on any atom is -0.300 e. The third-order valence-electron chi connectivity index (χ3n) is 3.46. The molecule has 0 aliphatic rings. The average molecular weight is 333 g/mol. The lowest BCUT2D eigenvalue weighted by atomic mass is 10.0. The zero-order valence-electron chi connectivity index (χ0n) is 14.2. The lowest BCUT2D eigenvalue weighted by Gasteiger charge is -2.20. The molecule has 0 aromatic heterocycles. The van der Waals surface area contributed by atoms with Crippen LogP contribution in [-0.4, -0.2) is 42.3 Å². The summed E-state index contributed by atoms with van der Waals surface area (Å²) in [7, 11) is 0. The summed E-state index contributed by atoms with van der Waals surface area (Å²) in [6, 6.07) is 0. The van der Waals surface area contributed by atoms with E-state index < -0.39 is 17.9 Å². The lowest BCUT2D eigenvalue weighted by molar-refractivity contribution is -0.119. The lowest BCUT2D eigenvalue weighted by Crippen LogP contribution is -2.27. The molecule has 0 saturated carbocycles. The van der Waals surface area contributed by atoms with E-state index in [0.29, 0.717) is 25.6 Å². The molecule has 6 heteroatoms. The fraction of sp³-hybridized carbons (Fsp3) is 0.647. The van der Waals surface area contributed by atoms with Crippen LogP contribution in [0.15, 0.2) is 24.3 Å². The molecule has 0 aliphatic heterocycles. The molecule has 0 bridgehead atoms. The van der Waals surface area contributed by atoms with E-state index in [1.165, 1.54) is 0 Å². The first kappa shape index (κ1) is 21.6. The number of ketones is 2. The van der Waals surface area contributed by atoms with Gasteiger partial charge in [-0.15, -0.1) is 0 Å². The number of carbonyl (C=O) groups is 2. The number of hydrogen-bond acceptors (Lipinski definition) is 3. The van der Waals surface area contributed by atoms with E-state index >= 15 is 0 Å². The van der Waals surface area contributed by atoms with Crippen molar-refractivity contribution in [3.05, 3.63) is 24.3 Å². The number of rotatable bonds is 10. The summed E-state index contributed by atoms with van der Waals surface area (Å²) in [4.78, 5) is 25.1. The Labute approximate surface area is 136 Å². The van der Waals surface area contributed by atoms with Crippen LogP contribution in [-0.2, 0) is 9.59 Å². The fourth-order valence-corrected chi connectivity index (χ4v) is 1.75. The van der Waals surface area contributed by atoms with Gasteiger partial charge in [-0.2, -0.15) is 13.2 Å². The van der Waals surface area contributed by atoms with Crippen LogP contribution >= 0.6 is 0 Å². The van der Waals surface area contributed by atoms with E-state index in [4.69, 9.17) is 0 Å². The average Bonchev–Trinajstić information content (AvgIpc) is 2.46. The number of nitrogens with zero attached hydrogens (tertiary/aromatic N) is 1. The van der Waals surface area contributed by atoms with Crippen molar-refractivity contribution >= 4 is 11.6 Å². The summed E-state index contributed by atoms with van der Waals surface area (Å²) in [5.41, 5.74) is 0. The molecule has 0 amide bonds. The van der Waals surface area contributed by atoms with Gasteiger partial charge in [0.2, 0.25) is 0 Å². The molecule has 0 saturated heterocycles. The van der Waals surface area contributed by atoms with Crippen LogP contribution in [0, 0.1) is 11.8 Å². The van der Waals surface area contributed by atoms with Gasteiger partial charge in [0.1, 0.15) is 0 Å². The number of halogens is 3. The van der Waals surface area contributed by atoms with E-state index in [1.807, 2.05) is 25.7 Å². The Kier molecular flexibility index (Phi) is 9.72. The smallest absolute Gasteiger partial charge is 0.300 e. The molecule has 23 heavy (non-hydrogen) atoms. The second-order valence-electron chi connectivity index (χ2n) is 5.82. The van der Waals surface area contributed by atoms with Crippen LogP contribution in [0.4, 0.5) is 13.2 Å². The number of likely N-dealkylation sites (N-methyl/N-ethyl adjacent to an activating group) is 1. The van der Waals surface area contributed by atoms with Gasteiger partial charge in [-0.05, 0) is 31.7 Å². The molecule has 0 N–H and O–H groups in total. The number of alkyl halides is 3. The summed E-state index contributed by atoms with van der Waals surface area (Å²) in [6.07, 6.45) is -0.0822. The maximum Gasteiger partial charge on any atom is 0.409 e. The zero-order chi connectivity index (χ0) is 18.0.